The molecule has 0 bridgehead atoms. The molecule has 6 heteroatoms. The molecule has 1 aliphatic rings. The monoisotopic (exact) mass is 341 g/mol. The van der Waals surface area contributed by atoms with E-state index in [1.807, 2.05) is 41.5 Å². The smallest absolute Gasteiger partial charge is 0.414 e. The van der Waals surface area contributed by atoms with Crippen LogP contribution < -0.4 is 9.64 Å². The number of carbonyl (C=O) groups excluding carboxylic acids is 1. The molecule has 6 nitrogen and oxygen atoms in total. The fraction of sp³-hybridized carbons (Fsp3) is 0.556. The maximum Gasteiger partial charge on any atom is 0.414 e. The lowest BCUT2D eigenvalue weighted by Crippen LogP contribution is -2.31. The molecule has 138 valence electrons. The largest absolute Gasteiger partial charge is 0.493 e. The van der Waals surface area contributed by atoms with Crippen molar-refractivity contribution >= 4 is 17.7 Å². The summed E-state index contributed by atoms with van der Waals surface area (Å²) in [5, 5.41) is 8.50. The summed E-state index contributed by atoms with van der Waals surface area (Å²) >= 11 is 0. The van der Waals surface area contributed by atoms with Gasteiger partial charge in [-0.2, -0.15) is 0 Å². The van der Waals surface area contributed by atoms with Gasteiger partial charge in [-0.15, -0.1) is 0 Å². The molecule has 1 heterocycles. The van der Waals surface area contributed by atoms with Gasteiger partial charge in [-0.25, -0.2) is 4.79 Å². The number of hydrogen-bond acceptors (Lipinski definition) is 4. The van der Waals surface area contributed by atoms with E-state index in [4.69, 9.17) is 14.6 Å². The van der Waals surface area contributed by atoms with Gasteiger partial charge in [0.25, 0.3) is 0 Å². The molecule has 1 N–H and O–H groups in total. The first kappa shape index (κ1) is 24.0. The molecule has 1 aliphatic heterocycles. The summed E-state index contributed by atoms with van der Waals surface area (Å²) in [6, 6.07) is 5.21. The van der Waals surface area contributed by atoms with Crippen molar-refractivity contribution < 1.29 is 24.2 Å². The van der Waals surface area contributed by atoms with Gasteiger partial charge in [0, 0.05) is 12.6 Å². The second kappa shape index (κ2) is 14.4. The van der Waals surface area contributed by atoms with Crippen molar-refractivity contribution in [3.63, 3.8) is 0 Å². The van der Waals surface area contributed by atoms with Gasteiger partial charge in [-0.1, -0.05) is 41.5 Å². The highest BCUT2D eigenvalue weighted by atomic mass is 16.6. The molecular formula is C18H31NO5. The summed E-state index contributed by atoms with van der Waals surface area (Å²) in [5.41, 5.74) is 1.61. The molecule has 1 amide bonds. The Morgan fingerprint density at radius 1 is 1.21 bits per heavy atom. The van der Waals surface area contributed by atoms with Crippen molar-refractivity contribution in [2.75, 3.05) is 18.6 Å². The lowest BCUT2D eigenvalue weighted by Gasteiger charge is -2.25. The van der Waals surface area contributed by atoms with Crippen molar-refractivity contribution in [1.29, 1.82) is 0 Å². The fourth-order valence-corrected chi connectivity index (χ4v) is 1.69. The normalized spacial score (nSPS) is 11.1. The second-order valence-corrected chi connectivity index (χ2v) is 3.90. The lowest BCUT2D eigenvalue weighted by molar-refractivity contribution is -0.137. The van der Waals surface area contributed by atoms with Gasteiger partial charge in [0.2, 0.25) is 0 Å². The predicted octanol–water partition coefficient (Wildman–Crippen LogP) is 4.71. The number of anilines is 1. The van der Waals surface area contributed by atoms with Crippen molar-refractivity contribution in [1.82, 2.24) is 0 Å². The summed E-state index contributed by atoms with van der Waals surface area (Å²) in [4.78, 5) is 23.1. The molecule has 0 radical (unpaired) electrons. The van der Waals surface area contributed by atoms with Crippen LogP contribution in [-0.2, 0) is 16.1 Å². The minimum absolute atomic E-state index is 0.0496. The van der Waals surface area contributed by atoms with Crippen LogP contribution >= 0.6 is 0 Å². The van der Waals surface area contributed by atoms with E-state index in [2.05, 4.69) is 0 Å². The van der Waals surface area contributed by atoms with Crippen LogP contribution in [-0.4, -0.2) is 30.8 Å². The van der Waals surface area contributed by atoms with E-state index in [1.165, 1.54) is 4.90 Å². The first-order valence-electron chi connectivity index (χ1n) is 8.46. The predicted molar refractivity (Wildman–Crippen MR) is 96.8 cm³/mol. The van der Waals surface area contributed by atoms with Crippen LogP contribution in [0.1, 0.15) is 53.5 Å². The van der Waals surface area contributed by atoms with Crippen LogP contribution in [0.3, 0.4) is 0 Å². The van der Waals surface area contributed by atoms with E-state index in [9.17, 15) is 9.59 Å². The molecule has 1 aromatic rings. The zero-order valence-corrected chi connectivity index (χ0v) is 15.9. The Hall–Kier alpha value is -2.24. The Labute approximate surface area is 145 Å². The SMILES string of the molecule is CC.CC.CC.CN1C(=O)OCc2cc(OCCC(=O)O)ccc21. The van der Waals surface area contributed by atoms with E-state index < -0.39 is 5.97 Å². The highest BCUT2D eigenvalue weighted by Crippen LogP contribution is 2.29. The van der Waals surface area contributed by atoms with Crippen molar-refractivity contribution in [3.8, 4) is 5.75 Å². The number of nitrogens with zero attached hydrogens (tertiary/aromatic N) is 1. The molecular weight excluding hydrogens is 310 g/mol. The number of hydrogen-bond donors (Lipinski definition) is 1. The van der Waals surface area contributed by atoms with E-state index in [0.29, 0.717) is 5.75 Å². The van der Waals surface area contributed by atoms with Gasteiger partial charge in [-0.05, 0) is 18.2 Å². The maximum atomic E-state index is 11.3. The standard InChI is InChI=1S/C12H13NO5.3C2H6/c1-13-10-3-2-9(17-5-4-11(14)15)6-8(10)7-18-12(13)16;3*1-2/h2-3,6H,4-5,7H2,1H3,(H,14,15);3*1-2H3. The Bertz CT molecular complexity index is 488. The van der Waals surface area contributed by atoms with Gasteiger partial charge in [0.05, 0.1) is 18.7 Å². The molecule has 0 saturated heterocycles. The Morgan fingerprint density at radius 2 is 1.79 bits per heavy atom. The number of amides is 1. The number of fused-ring (bicyclic) bond motifs is 1. The summed E-state index contributed by atoms with van der Waals surface area (Å²) < 4.78 is 10.3. The van der Waals surface area contributed by atoms with E-state index in [1.54, 1.807) is 25.2 Å². The zero-order valence-electron chi connectivity index (χ0n) is 15.9. The zero-order chi connectivity index (χ0) is 19.1. The van der Waals surface area contributed by atoms with Crippen LogP contribution in [0, 0.1) is 0 Å². The van der Waals surface area contributed by atoms with Gasteiger partial charge in [0.1, 0.15) is 12.4 Å². The third-order valence-corrected chi connectivity index (χ3v) is 2.62. The summed E-state index contributed by atoms with van der Waals surface area (Å²) in [6.07, 6.45) is -0.437. The summed E-state index contributed by atoms with van der Waals surface area (Å²) in [6.45, 7) is 12.3. The number of rotatable bonds is 4. The van der Waals surface area contributed by atoms with Gasteiger partial charge >= 0.3 is 12.1 Å². The lowest BCUT2D eigenvalue weighted by atomic mass is 10.1. The van der Waals surface area contributed by atoms with Crippen LogP contribution in [0.25, 0.3) is 0 Å². The molecule has 0 aliphatic carbocycles. The molecule has 1 aromatic carbocycles. The molecule has 24 heavy (non-hydrogen) atoms. The molecule has 2 rings (SSSR count). The Kier molecular flexibility index (Phi) is 14.4. The van der Waals surface area contributed by atoms with Crippen molar-refractivity contribution in [2.24, 2.45) is 0 Å². The number of ether oxygens (including phenoxy) is 2. The first-order valence-corrected chi connectivity index (χ1v) is 8.46. The molecule has 0 unspecified atom stereocenters. The van der Waals surface area contributed by atoms with Crippen LogP contribution in [0.15, 0.2) is 18.2 Å². The number of cyclic esters (lactones) is 1. The number of carboxylic acid groups (broad SMARTS) is 1. The van der Waals surface area contributed by atoms with Crippen LogP contribution in [0.4, 0.5) is 10.5 Å². The molecule has 0 fully saturated rings. The third kappa shape index (κ3) is 7.85. The molecule has 0 atom stereocenters. The van der Waals surface area contributed by atoms with E-state index in [-0.39, 0.29) is 25.7 Å². The van der Waals surface area contributed by atoms with Crippen LogP contribution in [0.5, 0.6) is 5.75 Å². The Balaban J connectivity index is 0. The fourth-order valence-electron chi connectivity index (χ4n) is 1.69. The second-order valence-electron chi connectivity index (χ2n) is 3.90. The average molecular weight is 341 g/mol. The average Bonchev–Trinajstić information content (AvgIpc) is 2.63. The van der Waals surface area contributed by atoms with Crippen molar-refractivity contribution in [3.05, 3.63) is 23.8 Å². The molecule has 0 spiro atoms. The first-order chi connectivity index (χ1) is 11.6. The van der Waals surface area contributed by atoms with Gasteiger partial charge < -0.3 is 14.6 Å². The summed E-state index contributed by atoms with van der Waals surface area (Å²) in [7, 11) is 1.63. The molecule has 0 saturated carbocycles. The quantitative estimate of drug-likeness (QED) is 0.858. The van der Waals surface area contributed by atoms with E-state index >= 15 is 0 Å². The minimum atomic E-state index is -0.901. The van der Waals surface area contributed by atoms with E-state index in [0.717, 1.165) is 11.3 Å². The number of carbonyl (C=O) groups is 2. The number of benzene rings is 1. The third-order valence-electron chi connectivity index (χ3n) is 2.62. The molecule has 0 aromatic heterocycles. The maximum absolute atomic E-state index is 11.3. The van der Waals surface area contributed by atoms with Crippen LogP contribution in [0.2, 0.25) is 0 Å². The topological polar surface area (TPSA) is 76.1 Å². The number of aliphatic carboxylic acids is 1. The summed E-state index contributed by atoms with van der Waals surface area (Å²) in [5.74, 6) is -0.331. The van der Waals surface area contributed by atoms with Gasteiger partial charge in [0.15, 0.2) is 0 Å². The highest BCUT2D eigenvalue weighted by Gasteiger charge is 2.22. The van der Waals surface area contributed by atoms with Crippen molar-refractivity contribution in [2.45, 2.75) is 54.6 Å². The number of carboxylic acids is 1. The highest BCUT2D eigenvalue weighted by molar-refractivity contribution is 5.89. The Morgan fingerprint density at radius 3 is 2.33 bits per heavy atom. The minimum Gasteiger partial charge on any atom is -0.493 e. The van der Waals surface area contributed by atoms with Gasteiger partial charge in [-0.3, -0.25) is 9.69 Å².